The lowest BCUT2D eigenvalue weighted by molar-refractivity contribution is -0.127. The van der Waals surface area contributed by atoms with Gasteiger partial charge >= 0.3 is 0 Å². The second kappa shape index (κ2) is 8.95. The molecule has 158 valence electrons. The van der Waals surface area contributed by atoms with Crippen LogP contribution in [0.25, 0.3) is 5.69 Å². The molecule has 8 heteroatoms. The molecule has 1 aromatic carbocycles. The predicted molar refractivity (Wildman–Crippen MR) is 118 cm³/mol. The summed E-state index contributed by atoms with van der Waals surface area (Å²) >= 11 is 1.42. The lowest BCUT2D eigenvalue weighted by atomic mass is 10.2. The third-order valence-electron chi connectivity index (χ3n) is 5.24. The van der Waals surface area contributed by atoms with Crippen molar-refractivity contribution in [2.45, 2.75) is 38.4 Å². The molecule has 0 spiro atoms. The van der Waals surface area contributed by atoms with E-state index in [2.05, 4.69) is 50.9 Å². The molecule has 3 heterocycles. The second-order valence-corrected chi connectivity index (χ2v) is 8.64. The van der Waals surface area contributed by atoms with Crippen LogP contribution in [0.2, 0.25) is 0 Å². The third kappa shape index (κ3) is 4.53. The van der Waals surface area contributed by atoms with E-state index in [0.29, 0.717) is 12.3 Å². The molecule has 2 aromatic heterocycles. The fourth-order valence-corrected chi connectivity index (χ4v) is 4.41. The fourth-order valence-electron chi connectivity index (χ4n) is 3.53. The Balaban J connectivity index is 1.50. The molecule has 3 aromatic rings. The van der Waals surface area contributed by atoms with Crippen molar-refractivity contribution in [3.05, 3.63) is 53.5 Å². The van der Waals surface area contributed by atoms with Gasteiger partial charge in [-0.05, 0) is 51.0 Å². The summed E-state index contributed by atoms with van der Waals surface area (Å²) in [5.74, 6) is 2.80. The van der Waals surface area contributed by atoms with E-state index in [0.717, 1.165) is 41.4 Å². The molecular weight excluding hydrogens is 398 g/mol. The van der Waals surface area contributed by atoms with Crippen LogP contribution in [0.1, 0.15) is 29.9 Å². The predicted octanol–water partition coefficient (Wildman–Crippen LogP) is 3.83. The zero-order valence-corrected chi connectivity index (χ0v) is 18.5. The Morgan fingerprint density at radius 3 is 2.50 bits per heavy atom. The zero-order chi connectivity index (χ0) is 21.1. The van der Waals surface area contributed by atoms with E-state index in [9.17, 15) is 4.79 Å². The Bertz CT molecular complexity index is 1000. The molecule has 30 heavy (non-hydrogen) atoms. The average Bonchev–Trinajstić information content (AvgIpc) is 3.47. The van der Waals surface area contributed by atoms with Gasteiger partial charge in [0.25, 0.3) is 0 Å². The summed E-state index contributed by atoms with van der Waals surface area (Å²) in [7, 11) is 1.79. The highest BCUT2D eigenvalue weighted by Crippen LogP contribution is 2.29. The topological polar surface area (TPSA) is 67.4 Å². The normalized spacial score (nSPS) is 13.8. The van der Waals surface area contributed by atoms with Gasteiger partial charge in [-0.15, -0.1) is 10.2 Å². The van der Waals surface area contributed by atoms with Gasteiger partial charge in [0.15, 0.2) is 5.16 Å². The van der Waals surface area contributed by atoms with Crippen LogP contribution in [0.3, 0.4) is 0 Å². The van der Waals surface area contributed by atoms with Crippen LogP contribution in [0.4, 0.5) is 5.95 Å². The second-order valence-electron chi connectivity index (χ2n) is 7.70. The molecule has 0 N–H and O–H groups in total. The van der Waals surface area contributed by atoms with E-state index in [1.807, 2.05) is 19.1 Å². The molecule has 7 nitrogen and oxygen atoms in total. The quantitative estimate of drug-likeness (QED) is 0.536. The summed E-state index contributed by atoms with van der Waals surface area (Å²) in [5, 5.41) is 9.62. The van der Waals surface area contributed by atoms with Crippen LogP contribution >= 0.6 is 11.8 Å². The molecule has 0 atom stereocenters. The number of rotatable bonds is 7. The molecule has 4 rings (SSSR count). The van der Waals surface area contributed by atoms with Crippen LogP contribution < -0.4 is 4.90 Å². The fraction of sp³-hybridized carbons (Fsp3) is 0.409. The average molecular weight is 426 g/mol. The molecule has 1 fully saturated rings. The highest BCUT2D eigenvalue weighted by Gasteiger charge is 2.23. The molecule has 1 amide bonds. The first-order chi connectivity index (χ1) is 14.5. The van der Waals surface area contributed by atoms with Crippen molar-refractivity contribution in [3.63, 3.8) is 0 Å². The van der Waals surface area contributed by atoms with Crippen LogP contribution in [0, 0.1) is 13.8 Å². The minimum Gasteiger partial charge on any atom is -0.464 e. The summed E-state index contributed by atoms with van der Waals surface area (Å²) in [6, 6.07) is 12.1. The van der Waals surface area contributed by atoms with Crippen molar-refractivity contribution in [1.82, 2.24) is 19.7 Å². The maximum atomic E-state index is 12.7. The van der Waals surface area contributed by atoms with E-state index in [1.54, 1.807) is 11.9 Å². The zero-order valence-electron chi connectivity index (χ0n) is 17.7. The van der Waals surface area contributed by atoms with Crippen molar-refractivity contribution in [1.29, 1.82) is 0 Å². The maximum Gasteiger partial charge on any atom is 0.233 e. The van der Waals surface area contributed by atoms with Crippen LogP contribution in [0.5, 0.6) is 0 Å². The first kappa shape index (κ1) is 20.5. The highest BCUT2D eigenvalue weighted by atomic mass is 32.2. The van der Waals surface area contributed by atoms with Crippen molar-refractivity contribution >= 4 is 23.6 Å². The molecule has 1 aliphatic heterocycles. The lowest BCUT2D eigenvalue weighted by Gasteiger charge is -2.19. The van der Waals surface area contributed by atoms with Gasteiger partial charge in [0, 0.05) is 20.1 Å². The number of hydrogen-bond acceptors (Lipinski definition) is 6. The summed E-state index contributed by atoms with van der Waals surface area (Å²) in [6.45, 7) is 6.40. The lowest BCUT2D eigenvalue weighted by Crippen LogP contribution is -2.27. The number of aryl methyl sites for hydroxylation is 2. The van der Waals surface area contributed by atoms with Crippen LogP contribution in [0.15, 0.2) is 46.0 Å². The number of aromatic nitrogens is 3. The molecule has 1 saturated heterocycles. The number of benzene rings is 1. The highest BCUT2D eigenvalue weighted by molar-refractivity contribution is 7.99. The van der Waals surface area contributed by atoms with Gasteiger partial charge in [-0.1, -0.05) is 29.5 Å². The number of nitrogens with zero attached hydrogens (tertiary/aromatic N) is 5. The number of carbonyl (C=O) groups is 1. The van der Waals surface area contributed by atoms with Gasteiger partial charge in [-0.2, -0.15) is 0 Å². The minimum atomic E-state index is 0.0234. The molecule has 0 unspecified atom stereocenters. The third-order valence-corrected chi connectivity index (χ3v) is 6.15. The number of furan rings is 1. The minimum absolute atomic E-state index is 0.0234. The molecule has 1 aliphatic rings. The molecule has 0 radical (unpaired) electrons. The number of anilines is 1. The number of amides is 1. The Hall–Kier alpha value is -2.74. The Morgan fingerprint density at radius 2 is 1.83 bits per heavy atom. The first-order valence-corrected chi connectivity index (χ1v) is 11.2. The maximum absolute atomic E-state index is 12.7. The van der Waals surface area contributed by atoms with Gasteiger partial charge < -0.3 is 14.2 Å². The largest absolute Gasteiger partial charge is 0.464 e. The Labute approximate surface area is 181 Å². The van der Waals surface area contributed by atoms with Gasteiger partial charge in [-0.25, -0.2) is 0 Å². The van der Waals surface area contributed by atoms with Gasteiger partial charge in [-0.3, -0.25) is 9.36 Å². The first-order valence-electron chi connectivity index (χ1n) is 10.2. The van der Waals surface area contributed by atoms with Crippen molar-refractivity contribution in [3.8, 4) is 5.69 Å². The van der Waals surface area contributed by atoms with Crippen molar-refractivity contribution in [2.24, 2.45) is 0 Å². The Morgan fingerprint density at radius 1 is 1.10 bits per heavy atom. The summed E-state index contributed by atoms with van der Waals surface area (Å²) in [4.78, 5) is 16.6. The molecule has 0 saturated carbocycles. The standard InChI is InChI=1S/C22H27N5O2S/c1-16-6-9-18(10-7-16)27-21(26-12-4-5-13-26)23-24-22(27)30-15-20(28)25(3)14-19-11-8-17(2)29-19/h6-11H,4-5,12-15H2,1-3H3. The van der Waals surface area contributed by atoms with Crippen LogP contribution in [-0.4, -0.2) is 51.5 Å². The van der Waals surface area contributed by atoms with Crippen molar-refractivity contribution < 1.29 is 9.21 Å². The van der Waals surface area contributed by atoms with Crippen molar-refractivity contribution in [2.75, 3.05) is 30.8 Å². The molecular formula is C22H27N5O2S. The van der Waals surface area contributed by atoms with Gasteiger partial charge in [0.2, 0.25) is 11.9 Å². The monoisotopic (exact) mass is 425 g/mol. The summed E-state index contributed by atoms with van der Waals surface area (Å²) in [5.41, 5.74) is 2.22. The number of carbonyl (C=O) groups excluding carboxylic acids is 1. The number of thioether (sulfide) groups is 1. The van der Waals surface area contributed by atoms with E-state index >= 15 is 0 Å². The molecule has 0 bridgehead atoms. The van der Waals surface area contributed by atoms with E-state index in [4.69, 9.17) is 4.42 Å². The Kier molecular flexibility index (Phi) is 6.13. The van der Waals surface area contributed by atoms with E-state index in [1.165, 1.54) is 30.2 Å². The SMILES string of the molecule is Cc1ccc(-n2c(SCC(=O)N(C)Cc3ccc(C)o3)nnc2N2CCCC2)cc1. The van der Waals surface area contributed by atoms with Gasteiger partial charge in [0.1, 0.15) is 11.5 Å². The van der Waals surface area contributed by atoms with E-state index < -0.39 is 0 Å². The molecule has 0 aliphatic carbocycles. The van der Waals surface area contributed by atoms with Crippen LogP contribution in [-0.2, 0) is 11.3 Å². The number of hydrogen-bond donors (Lipinski definition) is 0. The van der Waals surface area contributed by atoms with E-state index in [-0.39, 0.29) is 5.91 Å². The van der Waals surface area contributed by atoms with Gasteiger partial charge in [0.05, 0.1) is 18.0 Å². The summed E-state index contributed by atoms with van der Waals surface area (Å²) in [6.07, 6.45) is 2.33. The smallest absolute Gasteiger partial charge is 0.233 e. The summed E-state index contributed by atoms with van der Waals surface area (Å²) < 4.78 is 7.65.